The van der Waals surface area contributed by atoms with E-state index in [1.165, 1.54) is 18.2 Å². The molecule has 4 N–H and O–H groups in total. The van der Waals surface area contributed by atoms with E-state index in [4.69, 9.17) is 5.73 Å². The minimum absolute atomic E-state index is 0.176. The monoisotopic (exact) mass is 441 g/mol. The summed E-state index contributed by atoms with van der Waals surface area (Å²) in [6.45, 7) is 0. The van der Waals surface area contributed by atoms with Crippen molar-refractivity contribution < 1.29 is 14.0 Å². The number of carbonyl (C=O) groups is 2. The summed E-state index contributed by atoms with van der Waals surface area (Å²) in [5.74, 6) is -0.812. The molecule has 4 rings (SSSR count). The quantitative estimate of drug-likeness (QED) is 0.278. The number of rotatable bonds is 7. The highest BCUT2D eigenvalue weighted by atomic mass is 19.1. The third-order valence-electron chi connectivity index (χ3n) is 5.21. The van der Waals surface area contributed by atoms with E-state index in [0.29, 0.717) is 22.5 Å². The Labute approximate surface area is 191 Å². The maximum absolute atomic E-state index is 13.4. The van der Waals surface area contributed by atoms with Crippen molar-refractivity contribution in [2.45, 2.75) is 18.9 Å². The van der Waals surface area contributed by atoms with Crippen molar-refractivity contribution >= 4 is 40.9 Å². The van der Waals surface area contributed by atoms with E-state index in [0.717, 1.165) is 24.0 Å². The van der Waals surface area contributed by atoms with Crippen LogP contribution in [0, 0.1) is 5.82 Å². The molecule has 0 saturated heterocycles. The number of benzene rings is 3. The lowest BCUT2D eigenvalue weighted by atomic mass is 10.0. The Bertz CT molecular complexity index is 1210. The topological polar surface area (TPSA) is 84.2 Å². The van der Waals surface area contributed by atoms with Crippen LogP contribution in [0.1, 0.15) is 29.5 Å². The summed E-state index contributed by atoms with van der Waals surface area (Å²) in [5, 5.41) is 5.73. The third kappa shape index (κ3) is 6.17. The first kappa shape index (κ1) is 22.0. The molecular formula is C27H24FN3O2. The maximum Gasteiger partial charge on any atom is 0.252 e. The van der Waals surface area contributed by atoms with Crippen LogP contribution in [0.4, 0.5) is 15.8 Å². The molecule has 2 amide bonds. The fourth-order valence-electron chi connectivity index (χ4n) is 3.23. The number of nitrogen functional groups attached to an aromatic ring is 1. The van der Waals surface area contributed by atoms with E-state index in [1.807, 2.05) is 24.3 Å². The molecule has 0 atom stereocenters. The zero-order chi connectivity index (χ0) is 23.2. The zero-order valence-corrected chi connectivity index (χ0v) is 17.9. The third-order valence-corrected chi connectivity index (χ3v) is 5.21. The van der Waals surface area contributed by atoms with Gasteiger partial charge in [0, 0.05) is 17.7 Å². The van der Waals surface area contributed by atoms with Gasteiger partial charge in [0.1, 0.15) is 5.82 Å². The average Bonchev–Trinajstić information content (AvgIpc) is 3.63. The number of halogens is 1. The molecule has 1 aliphatic carbocycles. The van der Waals surface area contributed by atoms with Gasteiger partial charge < -0.3 is 16.4 Å². The smallest absolute Gasteiger partial charge is 0.252 e. The molecule has 0 radical (unpaired) electrons. The number of hydrogen-bond acceptors (Lipinski definition) is 3. The molecule has 1 aliphatic rings. The number of carbonyl (C=O) groups excluding carboxylic acids is 2. The zero-order valence-electron chi connectivity index (χ0n) is 17.9. The van der Waals surface area contributed by atoms with Crippen LogP contribution in [-0.2, 0) is 9.59 Å². The number of nitrogens with one attached hydrogen (secondary N) is 2. The molecule has 166 valence electrons. The van der Waals surface area contributed by atoms with Gasteiger partial charge in [-0.3, -0.25) is 9.59 Å². The predicted molar refractivity (Wildman–Crippen MR) is 130 cm³/mol. The van der Waals surface area contributed by atoms with Crippen molar-refractivity contribution in [2.24, 2.45) is 0 Å². The summed E-state index contributed by atoms with van der Waals surface area (Å²) in [6, 6.07) is 20.6. The van der Waals surface area contributed by atoms with E-state index >= 15 is 0 Å². The van der Waals surface area contributed by atoms with Crippen LogP contribution in [0.5, 0.6) is 0 Å². The molecule has 3 aromatic rings. The van der Waals surface area contributed by atoms with E-state index in [1.54, 1.807) is 48.6 Å². The van der Waals surface area contributed by atoms with Crippen LogP contribution in [0.25, 0.3) is 17.7 Å². The van der Waals surface area contributed by atoms with Gasteiger partial charge in [-0.1, -0.05) is 48.5 Å². The second-order valence-electron chi connectivity index (χ2n) is 7.89. The maximum atomic E-state index is 13.4. The van der Waals surface area contributed by atoms with Gasteiger partial charge in [0.25, 0.3) is 5.91 Å². The molecule has 33 heavy (non-hydrogen) atoms. The Balaban J connectivity index is 1.48. The number of anilines is 2. The predicted octanol–water partition coefficient (Wildman–Crippen LogP) is 4.88. The molecular weight excluding hydrogens is 417 g/mol. The first-order chi connectivity index (χ1) is 16.0. The summed E-state index contributed by atoms with van der Waals surface area (Å²) < 4.78 is 13.4. The van der Waals surface area contributed by atoms with Crippen LogP contribution >= 0.6 is 0 Å². The number of hydrogen-bond donors (Lipinski definition) is 3. The molecule has 0 aliphatic heterocycles. The number of para-hydroxylation sites is 2. The Morgan fingerprint density at radius 2 is 1.58 bits per heavy atom. The lowest BCUT2D eigenvalue weighted by Gasteiger charge is -2.09. The minimum Gasteiger partial charge on any atom is -0.397 e. The van der Waals surface area contributed by atoms with E-state index < -0.39 is 0 Å². The first-order valence-electron chi connectivity index (χ1n) is 10.7. The fraction of sp³-hybridized carbons (Fsp3) is 0.111. The van der Waals surface area contributed by atoms with Crippen LogP contribution in [0.3, 0.4) is 0 Å². The molecule has 0 aromatic heterocycles. The van der Waals surface area contributed by atoms with Crippen molar-refractivity contribution in [3.05, 3.63) is 101 Å². The highest BCUT2D eigenvalue weighted by Crippen LogP contribution is 2.24. The lowest BCUT2D eigenvalue weighted by Crippen LogP contribution is -2.26. The van der Waals surface area contributed by atoms with Gasteiger partial charge in [-0.05, 0) is 65.9 Å². The van der Waals surface area contributed by atoms with Gasteiger partial charge in [0.05, 0.1) is 11.4 Å². The summed E-state index contributed by atoms with van der Waals surface area (Å²) in [5.41, 5.74) is 9.67. The van der Waals surface area contributed by atoms with Crippen molar-refractivity contribution in [3.63, 3.8) is 0 Å². The Morgan fingerprint density at radius 3 is 2.24 bits per heavy atom. The molecule has 3 aromatic carbocycles. The van der Waals surface area contributed by atoms with Gasteiger partial charge in [-0.2, -0.15) is 0 Å². The second-order valence-corrected chi connectivity index (χ2v) is 7.89. The van der Waals surface area contributed by atoms with Crippen molar-refractivity contribution in [1.29, 1.82) is 0 Å². The van der Waals surface area contributed by atoms with Crippen molar-refractivity contribution in [1.82, 2.24) is 5.32 Å². The summed E-state index contributed by atoms with van der Waals surface area (Å²) in [4.78, 5) is 24.9. The summed E-state index contributed by atoms with van der Waals surface area (Å²) in [7, 11) is 0. The number of nitrogens with two attached hydrogens (primary N) is 1. The molecule has 6 heteroatoms. The Hall–Kier alpha value is -4.19. The summed E-state index contributed by atoms with van der Waals surface area (Å²) in [6.07, 6.45) is 6.87. The molecule has 5 nitrogen and oxygen atoms in total. The van der Waals surface area contributed by atoms with Gasteiger partial charge in [-0.15, -0.1) is 0 Å². The normalized spacial score (nSPS) is 13.7. The van der Waals surface area contributed by atoms with E-state index in [2.05, 4.69) is 10.6 Å². The average molecular weight is 442 g/mol. The summed E-state index contributed by atoms with van der Waals surface area (Å²) >= 11 is 0. The van der Waals surface area contributed by atoms with E-state index in [-0.39, 0.29) is 23.7 Å². The Kier molecular flexibility index (Phi) is 6.64. The van der Waals surface area contributed by atoms with Crippen LogP contribution in [0.15, 0.2) is 78.9 Å². The number of amides is 2. The SMILES string of the molecule is Nc1ccccc1NC(=O)/C=C/c1ccc(/C=C(/C(=O)NC2CC2)c2ccc(F)cc2)cc1. The fourth-order valence-corrected chi connectivity index (χ4v) is 3.23. The van der Waals surface area contributed by atoms with Crippen LogP contribution in [-0.4, -0.2) is 17.9 Å². The minimum atomic E-state index is -0.351. The van der Waals surface area contributed by atoms with E-state index in [9.17, 15) is 14.0 Å². The Morgan fingerprint density at radius 1 is 0.909 bits per heavy atom. The molecule has 1 fully saturated rings. The van der Waals surface area contributed by atoms with Gasteiger partial charge in [0.15, 0.2) is 0 Å². The van der Waals surface area contributed by atoms with Crippen LogP contribution < -0.4 is 16.4 Å². The highest BCUT2D eigenvalue weighted by Gasteiger charge is 2.25. The molecule has 0 heterocycles. The van der Waals surface area contributed by atoms with Gasteiger partial charge >= 0.3 is 0 Å². The molecule has 0 spiro atoms. The second kappa shape index (κ2) is 9.96. The van der Waals surface area contributed by atoms with Crippen LogP contribution in [0.2, 0.25) is 0 Å². The largest absolute Gasteiger partial charge is 0.397 e. The van der Waals surface area contributed by atoms with Gasteiger partial charge in [-0.25, -0.2) is 4.39 Å². The molecule has 1 saturated carbocycles. The van der Waals surface area contributed by atoms with Crippen molar-refractivity contribution in [2.75, 3.05) is 11.1 Å². The highest BCUT2D eigenvalue weighted by molar-refractivity contribution is 6.24. The van der Waals surface area contributed by atoms with Gasteiger partial charge in [0.2, 0.25) is 5.91 Å². The molecule has 0 unspecified atom stereocenters. The standard InChI is InChI=1S/C27H24FN3O2/c28-21-12-10-20(11-13-21)23(27(33)30-22-14-15-22)17-19-7-5-18(6-8-19)9-16-26(32)31-25-4-2-1-3-24(25)29/h1-13,16-17,22H,14-15,29H2,(H,30,33)(H,31,32)/b16-9+,23-17+. The first-order valence-corrected chi connectivity index (χ1v) is 10.7. The lowest BCUT2D eigenvalue weighted by molar-refractivity contribution is -0.115. The molecule has 0 bridgehead atoms. The van der Waals surface area contributed by atoms with Crippen molar-refractivity contribution in [3.8, 4) is 0 Å².